The molecule has 3 aromatic rings. The minimum absolute atomic E-state index is 0.154. The van der Waals surface area contributed by atoms with Crippen LogP contribution in [-0.4, -0.2) is 17.4 Å². The summed E-state index contributed by atoms with van der Waals surface area (Å²) in [7, 11) is 0. The van der Waals surface area contributed by atoms with Gasteiger partial charge in [0.15, 0.2) is 0 Å². The number of aryl methyl sites for hydroxylation is 2. The van der Waals surface area contributed by atoms with Gasteiger partial charge >= 0.3 is 0 Å². The number of anilines is 2. The van der Waals surface area contributed by atoms with E-state index in [0.29, 0.717) is 12.2 Å². The van der Waals surface area contributed by atoms with Crippen LogP contribution < -0.4 is 10.6 Å². The summed E-state index contributed by atoms with van der Waals surface area (Å²) in [5.74, 6) is -0.154. The highest BCUT2D eigenvalue weighted by molar-refractivity contribution is 5.92. The molecule has 0 fully saturated rings. The van der Waals surface area contributed by atoms with E-state index in [0.717, 1.165) is 17.8 Å². The van der Waals surface area contributed by atoms with E-state index in [-0.39, 0.29) is 5.91 Å². The molecule has 4 heteroatoms. The quantitative estimate of drug-likeness (QED) is 0.695. The standard InChI is InChI=1S/C22H23N3O/c1-16-12-17(2)14-20(13-16)25-19-8-9-21(24-15-19)22(26)23-11-10-18-6-4-3-5-7-18/h3-9,12-15,25H,10-11H2,1-2H3,(H,23,26). The Bertz CT molecular complexity index is 853. The Labute approximate surface area is 154 Å². The number of aromatic nitrogens is 1. The van der Waals surface area contributed by atoms with Gasteiger partial charge in [-0.2, -0.15) is 0 Å². The van der Waals surface area contributed by atoms with Crippen LogP contribution in [0, 0.1) is 13.8 Å². The summed E-state index contributed by atoms with van der Waals surface area (Å²) in [5, 5.41) is 6.23. The molecule has 2 aromatic carbocycles. The van der Waals surface area contributed by atoms with Gasteiger partial charge in [0, 0.05) is 12.2 Å². The second-order valence-electron chi connectivity index (χ2n) is 6.43. The van der Waals surface area contributed by atoms with E-state index >= 15 is 0 Å². The maximum absolute atomic E-state index is 12.2. The summed E-state index contributed by atoms with van der Waals surface area (Å²) in [4.78, 5) is 16.5. The lowest BCUT2D eigenvalue weighted by Crippen LogP contribution is -2.26. The van der Waals surface area contributed by atoms with Crippen molar-refractivity contribution in [2.75, 3.05) is 11.9 Å². The molecule has 2 N–H and O–H groups in total. The molecule has 1 heterocycles. The highest BCUT2D eigenvalue weighted by atomic mass is 16.1. The van der Waals surface area contributed by atoms with E-state index < -0.39 is 0 Å². The van der Waals surface area contributed by atoms with Crippen LogP contribution in [0.1, 0.15) is 27.2 Å². The third kappa shape index (κ3) is 4.93. The van der Waals surface area contributed by atoms with Crippen molar-refractivity contribution < 1.29 is 4.79 Å². The molecule has 0 atom stereocenters. The highest BCUT2D eigenvalue weighted by Gasteiger charge is 2.07. The fourth-order valence-electron chi connectivity index (χ4n) is 2.87. The molecular weight excluding hydrogens is 322 g/mol. The van der Waals surface area contributed by atoms with Crippen LogP contribution in [0.25, 0.3) is 0 Å². The van der Waals surface area contributed by atoms with Crippen molar-refractivity contribution in [1.29, 1.82) is 0 Å². The molecule has 0 saturated heterocycles. The van der Waals surface area contributed by atoms with E-state index in [1.807, 2.05) is 24.3 Å². The van der Waals surface area contributed by atoms with Crippen LogP contribution in [0.3, 0.4) is 0 Å². The Morgan fingerprint density at radius 1 is 0.923 bits per heavy atom. The Morgan fingerprint density at radius 2 is 1.65 bits per heavy atom. The number of hydrogen-bond donors (Lipinski definition) is 2. The average molecular weight is 345 g/mol. The minimum Gasteiger partial charge on any atom is -0.354 e. The fraction of sp³-hybridized carbons (Fsp3) is 0.182. The number of rotatable bonds is 6. The largest absolute Gasteiger partial charge is 0.354 e. The van der Waals surface area contributed by atoms with Gasteiger partial charge in [0.1, 0.15) is 5.69 Å². The smallest absolute Gasteiger partial charge is 0.269 e. The number of carbonyl (C=O) groups is 1. The van der Waals surface area contributed by atoms with Crippen molar-refractivity contribution in [1.82, 2.24) is 10.3 Å². The number of pyridine rings is 1. The number of hydrogen-bond acceptors (Lipinski definition) is 3. The first-order chi connectivity index (χ1) is 12.6. The molecular formula is C22H23N3O. The summed E-state index contributed by atoms with van der Waals surface area (Å²) < 4.78 is 0. The summed E-state index contributed by atoms with van der Waals surface area (Å²) in [6.45, 7) is 4.73. The van der Waals surface area contributed by atoms with Crippen LogP contribution in [0.2, 0.25) is 0 Å². The molecule has 0 spiro atoms. The number of benzene rings is 2. The summed E-state index contributed by atoms with van der Waals surface area (Å²) >= 11 is 0. The van der Waals surface area contributed by atoms with Crippen molar-refractivity contribution >= 4 is 17.3 Å². The van der Waals surface area contributed by atoms with Crippen molar-refractivity contribution in [2.24, 2.45) is 0 Å². The molecule has 26 heavy (non-hydrogen) atoms. The molecule has 3 rings (SSSR count). The van der Waals surface area contributed by atoms with Crippen LogP contribution in [0.5, 0.6) is 0 Å². The van der Waals surface area contributed by atoms with Gasteiger partial charge in [0.25, 0.3) is 5.91 Å². The van der Waals surface area contributed by atoms with Gasteiger partial charge in [0.2, 0.25) is 0 Å². The van der Waals surface area contributed by atoms with Crippen LogP contribution >= 0.6 is 0 Å². The maximum atomic E-state index is 12.2. The summed E-state index contributed by atoms with van der Waals surface area (Å²) in [5.41, 5.74) is 5.91. The van der Waals surface area contributed by atoms with Crippen molar-refractivity contribution in [3.63, 3.8) is 0 Å². The Balaban J connectivity index is 1.55. The SMILES string of the molecule is Cc1cc(C)cc(Nc2ccc(C(=O)NCCc3ccccc3)nc2)c1. The van der Waals surface area contributed by atoms with Gasteiger partial charge < -0.3 is 10.6 Å². The summed E-state index contributed by atoms with van der Waals surface area (Å²) in [6, 6.07) is 20.0. The second kappa shape index (κ2) is 8.30. The zero-order valence-corrected chi connectivity index (χ0v) is 15.1. The second-order valence-corrected chi connectivity index (χ2v) is 6.43. The van der Waals surface area contributed by atoms with Gasteiger partial charge in [-0.15, -0.1) is 0 Å². The zero-order chi connectivity index (χ0) is 18.4. The van der Waals surface area contributed by atoms with E-state index in [9.17, 15) is 4.79 Å². The highest BCUT2D eigenvalue weighted by Crippen LogP contribution is 2.19. The summed E-state index contributed by atoms with van der Waals surface area (Å²) in [6.07, 6.45) is 2.49. The lowest BCUT2D eigenvalue weighted by molar-refractivity contribution is 0.0949. The van der Waals surface area contributed by atoms with Gasteiger partial charge in [-0.1, -0.05) is 36.4 Å². The molecule has 0 saturated carbocycles. The van der Waals surface area contributed by atoms with Gasteiger partial charge in [0.05, 0.1) is 11.9 Å². The van der Waals surface area contributed by atoms with Gasteiger partial charge in [-0.25, -0.2) is 4.98 Å². The molecule has 0 aliphatic carbocycles. The molecule has 0 bridgehead atoms. The molecule has 4 nitrogen and oxygen atoms in total. The Kier molecular flexibility index (Phi) is 5.64. The van der Waals surface area contributed by atoms with Crippen LogP contribution in [-0.2, 0) is 6.42 Å². The first-order valence-corrected chi connectivity index (χ1v) is 8.74. The fourth-order valence-corrected chi connectivity index (χ4v) is 2.87. The topological polar surface area (TPSA) is 54.0 Å². The lowest BCUT2D eigenvalue weighted by atomic mass is 10.1. The van der Waals surface area contributed by atoms with Crippen LogP contribution in [0.15, 0.2) is 66.9 Å². The first-order valence-electron chi connectivity index (χ1n) is 8.74. The normalized spacial score (nSPS) is 10.4. The number of nitrogens with zero attached hydrogens (tertiary/aromatic N) is 1. The maximum Gasteiger partial charge on any atom is 0.269 e. The molecule has 132 valence electrons. The number of nitrogens with one attached hydrogen (secondary N) is 2. The number of amides is 1. The Hall–Kier alpha value is -3.14. The van der Waals surface area contributed by atoms with Crippen LogP contribution in [0.4, 0.5) is 11.4 Å². The lowest BCUT2D eigenvalue weighted by Gasteiger charge is -2.09. The molecule has 1 aromatic heterocycles. The zero-order valence-electron chi connectivity index (χ0n) is 15.1. The van der Waals surface area contributed by atoms with Crippen molar-refractivity contribution in [3.05, 3.63) is 89.2 Å². The van der Waals surface area contributed by atoms with Crippen molar-refractivity contribution in [3.8, 4) is 0 Å². The average Bonchev–Trinajstić information content (AvgIpc) is 2.62. The predicted molar refractivity (Wildman–Crippen MR) is 106 cm³/mol. The Morgan fingerprint density at radius 3 is 2.31 bits per heavy atom. The minimum atomic E-state index is -0.154. The first kappa shape index (κ1) is 17.7. The van der Waals surface area contributed by atoms with Gasteiger partial charge in [-0.05, 0) is 61.2 Å². The van der Waals surface area contributed by atoms with E-state index in [1.54, 1.807) is 12.3 Å². The van der Waals surface area contributed by atoms with E-state index in [1.165, 1.54) is 16.7 Å². The third-order valence-corrected chi connectivity index (χ3v) is 4.05. The van der Waals surface area contributed by atoms with Crippen molar-refractivity contribution in [2.45, 2.75) is 20.3 Å². The number of carbonyl (C=O) groups excluding carboxylic acids is 1. The molecule has 0 aliphatic rings. The predicted octanol–water partition coefficient (Wildman–Crippen LogP) is 4.41. The van der Waals surface area contributed by atoms with E-state index in [4.69, 9.17) is 0 Å². The van der Waals surface area contributed by atoms with Gasteiger partial charge in [-0.3, -0.25) is 4.79 Å². The molecule has 0 unspecified atom stereocenters. The monoisotopic (exact) mass is 345 g/mol. The third-order valence-electron chi connectivity index (χ3n) is 4.05. The molecule has 0 radical (unpaired) electrons. The van der Waals surface area contributed by atoms with E-state index in [2.05, 4.69) is 59.8 Å². The molecule has 0 aliphatic heterocycles. The molecule has 1 amide bonds.